The van der Waals surface area contributed by atoms with Crippen molar-refractivity contribution >= 4 is 21.9 Å². The maximum Gasteiger partial charge on any atom is 0.285 e. The monoisotopic (exact) mass is 523 g/mol. The van der Waals surface area contributed by atoms with E-state index in [1.54, 1.807) is 12.1 Å². The second-order valence-corrected chi connectivity index (χ2v) is 10.9. The van der Waals surface area contributed by atoms with Gasteiger partial charge in [-0.25, -0.2) is 0 Å². The van der Waals surface area contributed by atoms with Crippen molar-refractivity contribution in [1.82, 2.24) is 5.32 Å². The van der Waals surface area contributed by atoms with Crippen molar-refractivity contribution in [3.05, 3.63) is 24.3 Å². The first kappa shape index (κ1) is 31.7. The lowest BCUT2D eigenvalue weighted by Crippen LogP contribution is -2.42. The van der Waals surface area contributed by atoms with E-state index in [0.29, 0.717) is 18.9 Å². The number of unbranched alkanes of at least 4 members (excludes halogenated alkanes) is 13. The van der Waals surface area contributed by atoms with Crippen LogP contribution in [0.25, 0.3) is 0 Å². The molecule has 0 heterocycles. The summed E-state index contributed by atoms with van der Waals surface area (Å²) in [7, 11) is -3.97. The Labute approximate surface area is 219 Å². The fraction of sp³-hybridized carbons (Fsp3) is 0.704. The number of hydrogen-bond donors (Lipinski definition) is 3. The molecule has 9 heteroatoms. The van der Waals surface area contributed by atoms with Crippen molar-refractivity contribution in [1.29, 1.82) is 0 Å². The summed E-state index contributed by atoms with van der Waals surface area (Å²) in [5.74, 6) is 0.377. The maximum atomic E-state index is 12.5. The molecule has 0 atom stereocenters. The first-order chi connectivity index (χ1) is 17.4. The van der Waals surface area contributed by atoms with Gasteiger partial charge in [-0.05, 0) is 37.1 Å². The van der Waals surface area contributed by atoms with Crippen LogP contribution in [0.15, 0.2) is 38.6 Å². The van der Waals surface area contributed by atoms with E-state index in [1.165, 1.54) is 82.8 Å². The molecule has 8 nitrogen and oxygen atoms in total. The molecule has 5 N–H and O–H groups in total. The molecular formula is C27H49N5O3S. The molecule has 0 fully saturated rings. The van der Waals surface area contributed by atoms with Crippen LogP contribution in [0.4, 0.5) is 0 Å². The van der Waals surface area contributed by atoms with Gasteiger partial charge in [0.25, 0.3) is 10.0 Å². The summed E-state index contributed by atoms with van der Waals surface area (Å²) in [5.41, 5.74) is 11.6. The van der Waals surface area contributed by atoms with Crippen LogP contribution in [-0.4, -0.2) is 33.5 Å². The molecule has 0 aliphatic rings. The van der Waals surface area contributed by atoms with Crippen LogP contribution in [0.1, 0.15) is 110 Å². The van der Waals surface area contributed by atoms with E-state index in [0.717, 1.165) is 25.7 Å². The van der Waals surface area contributed by atoms with Crippen molar-refractivity contribution in [2.75, 3.05) is 13.2 Å². The van der Waals surface area contributed by atoms with Crippen molar-refractivity contribution < 1.29 is 13.2 Å². The molecule has 206 valence electrons. The summed E-state index contributed by atoms with van der Waals surface area (Å²) in [6, 6.07) is 6.19. The minimum absolute atomic E-state index is 0.0324. The first-order valence-corrected chi connectivity index (χ1v) is 15.2. The Hall–Kier alpha value is -2.29. The smallest absolute Gasteiger partial charge is 0.285 e. The summed E-state index contributed by atoms with van der Waals surface area (Å²) >= 11 is 0. The summed E-state index contributed by atoms with van der Waals surface area (Å²) in [6.07, 6.45) is 18.1. The number of nitrogens with two attached hydrogens (primary N) is 2. The molecule has 0 saturated carbocycles. The molecule has 0 saturated heterocycles. The summed E-state index contributed by atoms with van der Waals surface area (Å²) in [5, 5.41) is 2.55. The van der Waals surface area contributed by atoms with Crippen LogP contribution in [0.2, 0.25) is 0 Å². The highest BCUT2D eigenvalue weighted by molar-refractivity contribution is 7.90. The van der Waals surface area contributed by atoms with Crippen molar-refractivity contribution in [3.8, 4) is 5.75 Å². The molecule has 0 aliphatic carbocycles. The van der Waals surface area contributed by atoms with Gasteiger partial charge >= 0.3 is 0 Å². The Balaban J connectivity index is 2.36. The number of aliphatic imine (C=N–C) groups is 1. The van der Waals surface area contributed by atoms with Gasteiger partial charge in [-0.15, -0.1) is 4.40 Å². The van der Waals surface area contributed by atoms with E-state index in [2.05, 4.69) is 28.6 Å². The fourth-order valence-electron chi connectivity index (χ4n) is 3.78. The van der Waals surface area contributed by atoms with Crippen molar-refractivity contribution in [3.63, 3.8) is 0 Å². The highest BCUT2D eigenvalue weighted by atomic mass is 32.2. The maximum absolute atomic E-state index is 12.5. The Kier molecular flexibility index (Phi) is 17.5. The zero-order valence-corrected chi connectivity index (χ0v) is 23.3. The molecule has 0 aromatic heterocycles. The van der Waals surface area contributed by atoms with Crippen LogP contribution in [0, 0.1) is 0 Å². The third kappa shape index (κ3) is 15.7. The van der Waals surface area contributed by atoms with Gasteiger partial charge in [0.15, 0.2) is 5.96 Å². The first-order valence-electron chi connectivity index (χ1n) is 13.8. The second-order valence-electron chi connectivity index (χ2n) is 9.26. The zero-order valence-electron chi connectivity index (χ0n) is 22.5. The molecule has 0 spiro atoms. The van der Waals surface area contributed by atoms with Crippen LogP contribution < -0.4 is 21.5 Å². The van der Waals surface area contributed by atoms with E-state index < -0.39 is 10.0 Å². The Bertz CT molecular complexity index is 855. The van der Waals surface area contributed by atoms with Crippen LogP contribution >= 0.6 is 0 Å². The minimum Gasteiger partial charge on any atom is -0.494 e. The number of sulfonamides is 1. The third-order valence-electron chi connectivity index (χ3n) is 5.91. The summed E-state index contributed by atoms with van der Waals surface area (Å²) in [6.45, 7) is 5.61. The quantitative estimate of drug-likeness (QED) is 0.111. The molecule has 0 radical (unpaired) electrons. The third-order valence-corrected chi connectivity index (χ3v) is 7.21. The van der Waals surface area contributed by atoms with Gasteiger partial charge < -0.3 is 16.2 Å². The fourth-order valence-corrected chi connectivity index (χ4v) is 4.67. The Morgan fingerprint density at radius 3 is 1.81 bits per heavy atom. The van der Waals surface area contributed by atoms with Gasteiger partial charge in [0.1, 0.15) is 5.75 Å². The predicted octanol–water partition coefficient (Wildman–Crippen LogP) is 5.86. The molecule has 0 aliphatic heterocycles. The number of nitrogens with zero attached hydrogens (tertiary/aromatic N) is 2. The number of rotatable bonds is 20. The largest absolute Gasteiger partial charge is 0.494 e. The molecule has 36 heavy (non-hydrogen) atoms. The van der Waals surface area contributed by atoms with Crippen LogP contribution in [0.5, 0.6) is 5.75 Å². The molecular weight excluding hydrogens is 474 g/mol. The zero-order chi connectivity index (χ0) is 26.5. The van der Waals surface area contributed by atoms with E-state index in [-0.39, 0.29) is 16.8 Å². The lowest BCUT2D eigenvalue weighted by Gasteiger charge is -2.08. The van der Waals surface area contributed by atoms with Gasteiger partial charge in [0, 0.05) is 6.54 Å². The average Bonchev–Trinajstić information content (AvgIpc) is 2.84. The molecule has 0 unspecified atom stereocenters. The van der Waals surface area contributed by atoms with Gasteiger partial charge in [0.05, 0.1) is 11.5 Å². The van der Waals surface area contributed by atoms with Gasteiger partial charge in [-0.2, -0.15) is 8.42 Å². The topological polar surface area (TPSA) is 132 Å². The molecule has 0 amide bonds. The second kappa shape index (κ2) is 19.8. The lowest BCUT2D eigenvalue weighted by molar-refractivity contribution is 0.304. The summed E-state index contributed by atoms with van der Waals surface area (Å²) < 4.78 is 34.4. The predicted molar refractivity (Wildman–Crippen MR) is 151 cm³/mol. The van der Waals surface area contributed by atoms with Crippen molar-refractivity contribution in [2.45, 2.75) is 115 Å². The highest BCUT2D eigenvalue weighted by Gasteiger charge is 2.14. The normalized spacial score (nSPS) is 12.6. The minimum atomic E-state index is -3.97. The molecule has 1 rings (SSSR count). The number of nitrogens with one attached hydrogen (secondary N) is 1. The van der Waals surface area contributed by atoms with E-state index in [1.807, 2.05) is 0 Å². The van der Waals surface area contributed by atoms with Crippen molar-refractivity contribution in [2.24, 2.45) is 20.9 Å². The van der Waals surface area contributed by atoms with E-state index in [4.69, 9.17) is 16.2 Å². The Morgan fingerprint density at radius 2 is 1.25 bits per heavy atom. The van der Waals surface area contributed by atoms with E-state index >= 15 is 0 Å². The van der Waals surface area contributed by atoms with Gasteiger partial charge in [-0.1, -0.05) is 97.3 Å². The lowest BCUT2D eigenvalue weighted by atomic mass is 10.1. The van der Waals surface area contributed by atoms with Gasteiger partial charge in [0.2, 0.25) is 5.96 Å². The molecule has 1 aromatic rings. The van der Waals surface area contributed by atoms with Crippen LogP contribution in [0.3, 0.4) is 0 Å². The average molecular weight is 524 g/mol. The van der Waals surface area contributed by atoms with Gasteiger partial charge in [-0.3, -0.25) is 10.3 Å². The standard InChI is InChI=1S/C27H49N5O3S/c1-3-5-7-9-11-12-14-16-22-30-26(28)31-27(29)32-36(33,34)25-20-18-24(19-21-25)35-23-17-15-13-10-8-6-4-2/h18-21H,3-17,22-23H2,1-2H3,(H5,28,29,30,31,32). The molecule has 1 aromatic carbocycles. The van der Waals surface area contributed by atoms with Crippen LogP contribution in [-0.2, 0) is 10.0 Å². The number of benzene rings is 1. The summed E-state index contributed by atoms with van der Waals surface area (Å²) in [4.78, 5) is 4.23. The highest BCUT2D eigenvalue weighted by Crippen LogP contribution is 2.18. The number of guanidine groups is 2. The number of hydrogen-bond acceptors (Lipinski definition) is 4. The molecule has 0 bridgehead atoms. The van der Waals surface area contributed by atoms with E-state index in [9.17, 15) is 8.42 Å². The number of ether oxygens (including phenoxy) is 1. The SMILES string of the molecule is CCCCCCCCCCN=C(N)NC(N)=NS(=O)(=O)c1ccc(OCCCCCCCCC)cc1. The Morgan fingerprint density at radius 1 is 0.750 bits per heavy atom.